The number of benzene rings is 1. The molecule has 0 aliphatic rings. The van der Waals surface area contributed by atoms with Crippen molar-refractivity contribution in [2.45, 2.75) is 25.4 Å². The Labute approximate surface area is 194 Å². The predicted molar refractivity (Wildman–Crippen MR) is 125 cm³/mol. The molecule has 1 aromatic carbocycles. The largest absolute Gasteiger partial charge is 0.357 e. The van der Waals surface area contributed by atoms with Crippen molar-refractivity contribution in [1.82, 2.24) is 30.0 Å². The molecular weight excluding hydrogens is 441 g/mol. The number of hydrogen-bond acceptors (Lipinski definition) is 8. The first-order valence-electron chi connectivity index (χ1n) is 10.4. The molecule has 0 aliphatic heterocycles. The molecule has 1 atom stereocenters. The van der Waals surface area contributed by atoms with Crippen LogP contribution in [0.4, 0.5) is 10.3 Å². The van der Waals surface area contributed by atoms with E-state index < -0.39 is 6.04 Å². The van der Waals surface area contributed by atoms with E-state index in [1.165, 1.54) is 23.5 Å². The third-order valence-corrected chi connectivity index (χ3v) is 5.86. The molecule has 0 spiro atoms. The summed E-state index contributed by atoms with van der Waals surface area (Å²) >= 11 is 1.51. The molecule has 3 heterocycles. The van der Waals surface area contributed by atoms with Crippen molar-refractivity contribution < 1.29 is 9.18 Å². The van der Waals surface area contributed by atoms with E-state index in [0.717, 1.165) is 17.0 Å². The molecule has 0 amide bonds. The summed E-state index contributed by atoms with van der Waals surface area (Å²) in [6, 6.07) is 9.42. The summed E-state index contributed by atoms with van der Waals surface area (Å²) < 4.78 is 15.0. The number of nitrogens with one attached hydrogen (secondary N) is 2. The van der Waals surface area contributed by atoms with Crippen LogP contribution in [-0.4, -0.2) is 43.6 Å². The molecule has 4 rings (SSSR count). The number of anilines is 1. The minimum absolute atomic E-state index is 0.0164. The van der Waals surface area contributed by atoms with Crippen molar-refractivity contribution in [3.63, 3.8) is 0 Å². The minimum Gasteiger partial charge on any atom is -0.357 e. The number of hydrogen-bond donors (Lipinski definition) is 2. The lowest BCUT2D eigenvalue weighted by Gasteiger charge is -2.17. The highest BCUT2D eigenvalue weighted by Gasteiger charge is 2.21. The van der Waals surface area contributed by atoms with E-state index in [9.17, 15) is 9.18 Å². The highest BCUT2D eigenvalue weighted by atomic mass is 32.1. The molecule has 3 aromatic heterocycles. The number of ketones is 1. The van der Waals surface area contributed by atoms with Crippen molar-refractivity contribution in [3.8, 4) is 11.4 Å². The highest BCUT2D eigenvalue weighted by Crippen LogP contribution is 2.18. The zero-order chi connectivity index (χ0) is 23.2. The Bertz CT molecular complexity index is 1210. The van der Waals surface area contributed by atoms with Gasteiger partial charge < -0.3 is 10.6 Å². The van der Waals surface area contributed by atoms with Gasteiger partial charge in [-0.3, -0.25) is 9.48 Å². The van der Waals surface area contributed by atoms with Crippen LogP contribution in [0.1, 0.15) is 17.0 Å². The topological polar surface area (TPSA) is 97.6 Å². The molecule has 0 fully saturated rings. The zero-order valence-corrected chi connectivity index (χ0v) is 19.1. The van der Waals surface area contributed by atoms with Crippen LogP contribution in [-0.2, 0) is 31.2 Å². The average Bonchev–Trinajstić information content (AvgIpc) is 3.48. The van der Waals surface area contributed by atoms with Gasteiger partial charge in [0.2, 0.25) is 5.95 Å². The summed E-state index contributed by atoms with van der Waals surface area (Å²) in [6.07, 6.45) is 2.31. The van der Waals surface area contributed by atoms with Gasteiger partial charge in [0.15, 0.2) is 5.78 Å². The zero-order valence-electron chi connectivity index (χ0n) is 18.3. The van der Waals surface area contributed by atoms with E-state index >= 15 is 0 Å². The Hall–Kier alpha value is -3.50. The SMILES string of the molecule is CNc1nccc(-c2cc(CC(=O)[C@H](Cc3ccc(F)cc3)NCc3cscn3)n(C)n2)n1. The van der Waals surface area contributed by atoms with Gasteiger partial charge in [0, 0.05) is 37.9 Å². The van der Waals surface area contributed by atoms with Crippen LogP contribution in [0.5, 0.6) is 0 Å². The summed E-state index contributed by atoms with van der Waals surface area (Å²) in [5.74, 6) is 0.217. The van der Waals surface area contributed by atoms with Crippen LogP contribution in [0, 0.1) is 5.82 Å². The maximum absolute atomic E-state index is 13.3. The number of aromatic nitrogens is 5. The van der Waals surface area contributed by atoms with Gasteiger partial charge in [0.25, 0.3) is 0 Å². The Morgan fingerprint density at radius 2 is 2.00 bits per heavy atom. The van der Waals surface area contributed by atoms with Gasteiger partial charge in [-0.1, -0.05) is 12.1 Å². The Balaban J connectivity index is 1.51. The lowest BCUT2D eigenvalue weighted by atomic mass is 9.99. The van der Waals surface area contributed by atoms with Gasteiger partial charge in [-0.25, -0.2) is 19.3 Å². The van der Waals surface area contributed by atoms with Crippen LogP contribution in [0.3, 0.4) is 0 Å². The first-order chi connectivity index (χ1) is 16.0. The normalized spacial score (nSPS) is 12.0. The number of carbonyl (C=O) groups excluding carboxylic acids is 1. The first kappa shape index (κ1) is 22.7. The van der Waals surface area contributed by atoms with E-state index in [1.54, 1.807) is 41.6 Å². The number of rotatable bonds is 10. The smallest absolute Gasteiger partial charge is 0.222 e. The number of thiazole rings is 1. The Kier molecular flexibility index (Phi) is 7.16. The van der Waals surface area contributed by atoms with Gasteiger partial charge in [-0.15, -0.1) is 11.3 Å². The summed E-state index contributed by atoms with van der Waals surface area (Å²) in [7, 11) is 3.56. The van der Waals surface area contributed by atoms with Gasteiger partial charge >= 0.3 is 0 Å². The van der Waals surface area contributed by atoms with Crippen LogP contribution < -0.4 is 10.6 Å². The van der Waals surface area contributed by atoms with E-state index in [1.807, 2.05) is 18.5 Å². The summed E-state index contributed by atoms with van der Waals surface area (Å²) in [5.41, 5.74) is 5.64. The molecule has 10 heteroatoms. The lowest BCUT2D eigenvalue weighted by molar-refractivity contribution is -0.120. The van der Waals surface area contributed by atoms with Crippen LogP contribution in [0.25, 0.3) is 11.4 Å². The average molecular weight is 466 g/mol. The third-order valence-electron chi connectivity index (χ3n) is 5.23. The molecule has 33 heavy (non-hydrogen) atoms. The second-order valence-electron chi connectivity index (χ2n) is 7.55. The van der Waals surface area contributed by atoms with Crippen LogP contribution in [0.15, 0.2) is 53.5 Å². The standard InChI is InChI=1S/C23H24FN7OS/c1-25-23-26-8-7-19(29-23)20-10-18(31(2)30-20)11-22(32)21(27-12-17-13-33-14-28-17)9-15-3-5-16(24)6-4-15/h3-8,10,13-14,21,27H,9,11-12H2,1-2H3,(H,25,26,29)/t21-/m0/s1. The molecule has 2 N–H and O–H groups in total. The fourth-order valence-corrected chi connectivity index (χ4v) is 3.99. The number of Topliss-reactive ketones (excluding diaryl/α,β-unsaturated/α-hetero) is 1. The van der Waals surface area contributed by atoms with Crippen LogP contribution in [0.2, 0.25) is 0 Å². The van der Waals surface area contributed by atoms with E-state index in [0.29, 0.717) is 30.3 Å². The fourth-order valence-electron chi connectivity index (χ4n) is 3.43. The first-order valence-corrected chi connectivity index (χ1v) is 11.4. The van der Waals surface area contributed by atoms with Gasteiger partial charge in [-0.2, -0.15) is 5.10 Å². The third kappa shape index (κ3) is 5.85. The van der Waals surface area contributed by atoms with Crippen molar-refractivity contribution in [3.05, 3.63) is 76.3 Å². The second kappa shape index (κ2) is 10.4. The summed E-state index contributed by atoms with van der Waals surface area (Å²) in [5, 5.41) is 12.7. The number of carbonyl (C=O) groups is 1. The van der Waals surface area contributed by atoms with E-state index in [2.05, 4.69) is 30.7 Å². The maximum atomic E-state index is 13.3. The summed E-state index contributed by atoms with van der Waals surface area (Å²) in [4.78, 5) is 26.1. The van der Waals surface area contributed by atoms with Gasteiger partial charge in [-0.05, 0) is 36.2 Å². The second-order valence-corrected chi connectivity index (χ2v) is 8.27. The quantitative estimate of drug-likeness (QED) is 0.372. The Morgan fingerprint density at radius 3 is 2.73 bits per heavy atom. The van der Waals surface area contributed by atoms with Crippen molar-refractivity contribution in [2.24, 2.45) is 7.05 Å². The molecule has 4 aromatic rings. The number of aryl methyl sites for hydroxylation is 1. The van der Waals surface area contributed by atoms with Crippen LogP contribution >= 0.6 is 11.3 Å². The maximum Gasteiger partial charge on any atom is 0.222 e. The molecule has 0 aliphatic carbocycles. The molecule has 0 saturated heterocycles. The number of nitrogens with zero attached hydrogens (tertiary/aromatic N) is 5. The monoisotopic (exact) mass is 465 g/mol. The predicted octanol–water partition coefficient (Wildman–Crippen LogP) is 3.03. The molecule has 170 valence electrons. The number of halogens is 1. The fraction of sp³-hybridized carbons (Fsp3) is 0.261. The van der Waals surface area contributed by atoms with E-state index in [-0.39, 0.29) is 18.0 Å². The molecule has 0 bridgehead atoms. The van der Waals surface area contributed by atoms with E-state index in [4.69, 9.17) is 0 Å². The molecule has 8 nitrogen and oxygen atoms in total. The Morgan fingerprint density at radius 1 is 1.18 bits per heavy atom. The minimum atomic E-state index is -0.453. The highest BCUT2D eigenvalue weighted by molar-refractivity contribution is 7.07. The molecule has 0 radical (unpaired) electrons. The van der Waals surface area contributed by atoms with Crippen molar-refractivity contribution in [2.75, 3.05) is 12.4 Å². The van der Waals surface area contributed by atoms with Gasteiger partial charge in [0.05, 0.1) is 29.4 Å². The summed E-state index contributed by atoms with van der Waals surface area (Å²) in [6.45, 7) is 0.478. The van der Waals surface area contributed by atoms with Crippen molar-refractivity contribution in [1.29, 1.82) is 0 Å². The van der Waals surface area contributed by atoms with Crippen molar-refractivity contribution >= 4 is 23.1 Å². The lowest BCUT2D eigenvalue weighted by Crippen LogP contribution is -2.39. The van der Waals surface area contributed by atoms with Gasteiger partial charge in [0.1, 0.15) is 11.5 Å². The molecule has 0 saturated carbocycles. The molecule has 0 unspecified atom stereocenters. The molecular formula is C23H24FN7OS.